The quantitative estimate of drug-likeness (QED) is 0.661. The van der Waals surface area contributed by atoms with Gasteiger partial charge in [-0.1, -0.05) is 31.8 Å². The van der Waals surface area contributed by atoms with Gasteiger partial charge < -0.3 is 5.32 Å². The minimum Gasteiger partial charge on any atom is -0.314 e. The van der Waals surface area contributed by atoms with Gasteiger partial charge in [0.2, 0.25) is 5.91 Å². The Morgan fingerprint density at radius 3 is 2.83 bits per heavy atom. The molecule has 3 amide bonds. The van der Waals surface area contributed by atoms with E-state index >= 15 is 0 Å². The molecule has 1 aromatic carbocycles. The second-order valence-electron chi connectivity index (χ2n) is 5.87. The zero-order valence-electron chi connectivity index (χ0n) is 13.9. The number of carbonyl (C=O) groups excluding carboxylic acids is 2. The van der Waals surface area contributed by atoms with Crippen molar-refractivity contribution in [2.45, 2.75) is 39.7 Å². The summed E-state index contributed by atoms with van der Waals surface area (Å²) in [7, 11) is 0. The molecular weight excluding hydrogens is 290 g/mol. The molecule has 5 nitrogen and oxygen atoms in total. The molecule has 1 aliphatic rings. The van der Waals surface area contributed by atoms with Crippen LogP contribution in [0.5, 0.6) is 0 Å². The molecule has 2 N–H and O–H groups in total. The van der Waals surface area contributed by atoms with Crippen LogP contribution in [0.15, 0.2) is 18.2 Å². The van der Waals surface area contributed by atoms with Crippen molar-refractivity contribution in [2.75, 3.05) is 18.0 Å². The van der Waals surface area contributed by atoms with E-state index in [1.54, 1.807) is 4.90 Å². The van der Waals surface area contributed by atoms with Crippen LogP contribution in [-0.2, 0) is 4.79 Å². The molecule has 1 aliphatic heterocycles. The third-order valence-electron chi connectivity index (χ3n) is 3.68. The average Bonchev–Trinajstić information content (AvgIpc) is 2.49. The smallest absolute Gasteiger partial charge is 0.314 e. The standard InChI is InChI=1S/C18H23N3O2/c1-13(2)19-11-5-4-7-15-8-6-9-16(14(15)3)21-12-10-17(22)20-18(21)23/h6,8-9,13,19H,5,10-12H2,1-3H3,(H,20,22,23). The number of nitrogens with zero attached hydrogens (tertiary/aromatic N) is 1. The maximum absolute atomic E-state index is 12.0. The fourth-order valence-corrected chi connectivity index (χ4v) is 2.43. The average molecular weight is 313 g/mol. The Labute approximate surface area is 137 Å². The van der Waals surface area contributed by atoms with E-state index in [1.165, 1.54) is 0 Å². The number of hydrogen-bond acceptors (Lipinski definition) is 3. The lowest BCUT2D eigenvalue weighted by Gasteiger charge is -2.28. The summed E-state index contributed by atoms with van der Waals surface area (Å²) in [5.41, 5.74) is 2.68. The predicted molar refractivity (Wildman–Crippen MR) is 91.3 cm³/mol. The molecule has 0 radical (unpaired) electrons. The summed E-state index contributed by atoms with van der Waals surface area (Å²) in [5, 5.41) is 5.67. The lowest BCUT2D eigenvalue weighted by Crippen LogP contribution is -2.49. The van der Waals surface area contributed by atoms with Gasteiger partial charge in [-0.25, -0.2) is 4.79 Å². The van der Waals surface area contributed by atoms with Crippen LogP contribution in [0, 0.1) is 18.8 Å². The van der Waals surface area contributed by atoms with Gasteiger partial charge in [-0.2, -0.15) is 0 Å². The molecule has 2 rings (SSSR count). The third kappa shape index (κ3) is 4.57. The van der Waals surface area contributed by atoms with E-state index in [0.717, 1.165) is 29.8 Å². The normalized spacial score (nSPS) is 14.5. The molecule has 0 atom stereocenters. The molecule has 0 saturated carbocycles. The van der Waals surface area contributed by atoms with Crippen molar-refractivity contribution < 1.29 is 9.59 Å². The van der Waals surface area contributed by atoms with Crippen molar-refractivity contribution in [1.29, 1.82) is 0 Å². The Bertz CT molecular complexity index is 656. The molecule has 1 heterocycles. The first-order valence-electron chi connectivity index (χ1n) is 7.92. The van der Waals surface area contributed by atoms with Gasteiger partial charge in [-0.3, -0.25) is 15.0 Å². The second kappa shape index (κ2) is 7.80. The highest BCUT2D eigenvalue weighted by Gasteiger charge is 2.25. The Morgan fingerprint density at radius 1 is 1.35 bits per heavy atom. The molecule has 0 unspecified atom stereocenters. The summed E-state index contributed by atoms with van der Waals surface area (Å²) in [4.78, 5) is 24.8. The van der Waals surface area contributed by atoms with Crippen molar-refractivity contribution in [1.82, 2.24) is 10.6 Å². The number of nitrogens with one attached hydrogen (secondary N) is 2. The number of imide groups is 1. The number of rotatable bonds is 4. The predicted octanol–water partition coefficient (Wildman–Crippen LogP) is 2.18. The molecule has 122 valence electrons. The summed E-state index contributed by atoms with van der Waals surface area (Å²) < 4.78 is 0. The number of hydrogen-bond donors (Lipinski definition) is 2. The third-order valence-corrected chi connectivity index (χ3v) is 3.68. The first-order valence-corrected chi connectivity index (χ1v) is 7.92. The van der Waals surface area contributed by atoms with Crippen LogP contribution in [0.25, 0.3) is 0 Å². The van der Waals surface area contributed by atoms with Crippen molar-refractivity contribution in [2.24, 2.45) is 0 Å². The number of carbonyl (C=O) groups is 2. The van der Waals surface area contributed by atoms with Gasteiger partial charge in [0.05, 0.1) is 0 Å². The maximum Gasteiger partial charge on any atom is 0.328 e. The minimum absolute atomic E-state index is 0.225. The number of amides is 3. The van der Waals surface area contributed by atoms with Gasteiger partial charge in [-0.05, 0) is 24.6 Å². The molecule has 1 saturated heterocycles. The van der Waals surface area contributed by atoms with Gasteiger partial charge in [0.25, 0.3) is 0 Å². The van der Waals surface area contributed by atoms with E-state index in [9.17, 15) is 9.59 Å². The topological polar surface area (TPSA) is 61.4 Å². The first-order chi connectivity index (χ1) is 11.0. The largest absolute Gasteiger partial charge is 0.328 e. The van der Waals surface area contributed by atoms with E-state index in [1.807, 2.05) is 25.1 Å². The van der Waals surface area contributed by atoms with Crippen LogP contribution >= 0.6 is 0 Å². The van der Waals surface area contributed by atoms with Crippen LogP contribution in [0.2, 0.25) is 0 Å². The molecule has 0 aromatic heterocycles. The summed E-state index contributed by atoms with van der Waals surface area (Å²) >= 11 is 0. The Morgan fingerprint density at radius 2 is 2.13 bits per heavy atom. The molecule has 1 aromatic rings. The fraction of sp³-hybridized carbons (Fsp3) is 0.444. The summed E-state index contributed by atoms with van der Waals surface area (Å²) in [6, 6.07) is 5.82. The van der Waals surface area contributed by atoms with E-state index in [0.29, 0.717) is 19.0 Å². The molecule has 5 heteroatoms. The monoisotopic (exact) mass is 313 g/mol. The first kappa shape index (κ1) is 17.0. The SMILES string of the molecule is Cc1c(C#CCCNC(C)C)cccc1N1CCC(=O)NC1=O. The Kier molecular flexibility index (Phi) is 5.78. The van der Waals surface area contributed by atoms with Gasteiger partial charge >= 0.3 is 6.03 Å². The number of urea groups is 1. The second-order valence-corrected chi connectivity index (χ2v) is 5.87. The minimum atomic E-state index is -0.365. The van der Waals surface area contributed by atoms with Crippen LogP contribution in [0.4, 0.5) is 10.5 Å². The van der Waals surface area contributed by atoms with Crippen molar-refractivity contribution in [3.63, 3.8) is 0 Å². The highest BCUT2D eigenvalue weighted by molar-refractivity contribution is 6.06. The van der Waals surface area contributed by atoms with Gasteiger partial charge in [-0.15, -0.1) is 0 Å². The maximum atomic E-state index is 12.0. The summed E-state index contributed by atoms with van der Waals surface area (Å²) in [6.45, 7) is 7.43. The zero-order valence-corrected chi connectivity index (χ0v) is 13.9. The van der Waals surface area contributed by atoms with Crippen LogP contribution < -0.4 is 15.5 Å². The van der Waals surface area contributed by atoms with Gasteiger partial charge in [0.15, 0.2) is 0 Å². The van der Waals surface area contributed by atoms with Crippen molar-refractivity contribution in [3.05, 3.63) is 29.3 Å². The summed E-state index contributed by atoms with van der Waals surface area (Å²) in [6.07, 6.45) is 1.10. The van der Waals surface area contributed by atoms with Gasteiger partial charge in [0.1, 0.15) is 0 Å². The zero-order chi connectivity index (χ0) is 16.8. The lowest BCUT2D eigenvalue weighted by molar-refractivity contribution is -0.120. The molecule has 23 heavy (non-hydrogen) atoms. The molecule has 0 bridgehead atoms. The highest BCUT2D eigenvalue weighted by atomic mass is 16.2. The van der Waals surface area contributed by atoms with E-state index < -0.39 is 0 Å². The van der Waals surface area contributed by atoms with E-state index in [-0.39, 0.29) is 11.9 Å². The van der Waals surface area contributed by atoms with E-state index in [2.05, 4.69) is 36.3 Å². The van der Waals surface area contributed by atoms with Crippen molar-refractivity contribution >= 4 is 17.6 Å². The number of anilines is 1. The van der Waals surface area contributed by atoms with Crippen LogP contribution in [0.1, 0.15) is 37.8 Å². The highest BCUT2D eigenvalue weighted by Crippen LogP contribution is 2.24. The van der Waals surface area contributed by atoms with Crippen molar-refractivity contribution in [3.8, 4) is 11.8 Å². The van der Waals surface area contributed by atoms with Crippen LogP contribution in [-0.4, -0.2) is 31.1 Å². The fourth-order valence-electron chi connectivity index (χ4n) is 2.43. The molecule has 0 spiro atoms. The number of benzene rings is 1. The van der Waals surface area contributed by atoms with Crippen LogP contribution in [0.3, 0.4) is 0 Å². The van der Waals surface area contributed by atoms with E-state index in [4.69, 9.17) is 0 Å². The molecule has 0 aliphatic carbocycles. The molecular formula is C18H23N3O2. The lowest BCUT2D eigenvalue weighted by atomic mass is 10.1. The Balaban J connectivity index is 2.11. The van der Waals surface area contributed by atoms with Gasteiger partial charge in [0, 0.05) is 43.2 Å². The molecule has 1 fully saturated rings. The summed E-state index contributed by atoms with van der Waals surface area (Å²) in [5.74, 6) is 6.11. The Hall–Kier alpha value is -2.32.